The van der Waals surface area contributed by atoms with Crippen molar-refractivity contribution in [3.8, 4) is 0 Å². The second-order valence-electron chi connectivity index (χ2n) is 3.85. The Hall–Kier alpha value is -1.37. The summed E-state index contributed by atoms with van der Waals surface area (Å²) in [5.74, 6) is -0.983. The van der Waals surface area contributed by atoms with Gasteiger partial charge in [0.2, 0.25) is 5.91 Å². The third kappa shape index (κ3) is 2.40. The Morgan fingerprint density at radius 2 is 1.89 bits per heavy atom. The Labute approximate surface area is 109 Å². The van der Waals surface area contributed by atoms with E-state index in [1.165, 1.54) is 12.1 Å². The highest BCUT2D eigenvalue weighted by Gasteiger charge is 2.38. The Morgan fingerprint density at radius 3 is 2.39 bits per heavy atom. The first-order valence-electron chi connectivity index (χ1n) is 4.98. The summed E-state index contributed by atoms with van der Waals surface area (Å²) >= 11 is 2.95. The van der Waals surface area contributed by atoms with Gasteiger partial charge in [-0.3, -0.25) is 9.59 Å². The lowest BCUT2D eigenvalue weighted by atomic mass is 10.1. The number of halogens is 4. The van der Waals surface area contributed by atoms with Gasteiger partial charge in [-0.25, -0.2) is 0 Å². The zero-order valence-corrected chi connectivity index (χ0v) is 10.5. The van der Waals surface area contributed by atoms with Gasteiger partial charge in [-0.05, 0) is 18.2 Å². The van der Waals surface area contributed by atoms with Crippen LogP contribution >= 0.6 is 15.9 Å². The summed E-state index contributed by atoms with van der Waals surface area (Å²) in [5.41, 5.74) is -1.21. The van der Waals surface area contributed by atoms with Crippen LogP contribution in [0.5, 0.6) is 0 Å². The molecule has 0 bridgehead atoms. The van der Waals surface area contributed by atoms with Crippen molar-refractivity contribution >= 4 is 33.3 Å². The predicted octanol–water partition coefficient (Wildman–Crippen LogP) is 2.77. The number of nitrogens with zero attached hydrogens (tertiary/aromatic N) is 1. The molecule has 2 rings (SSSR count). The zero-order chi connectivity index (χ0) is 13.5. The highest BCUT2D eigenvalue weighted by Crippen LogP contribution is 2.39. The normalized spacial score (nSPS) is 16.6. The van der Waals surface area contributed by atoms with E-state index >= 15 is 0 Å². The molecule has 1 fully saturated rings. The molecule has 1 saturated heterocycles. The molecule has 18 heavy (non-hydrogen) atoms. The maximum absolute atomic E-state index is 12.9. The fraction of sp³-hybridized carbons (Fsp3) is 0.273. The number of benzene rings is 1. The van der Waals surface area contributed by atoms with Crippen LogP contribution in [0.4, 0.5) is 18.9 Å². The van der Waals surface area contributed by atoms with Gasteiger partial charge in [-0.1, -0.05) is 15.9 Å². The van der Waals surface area contributed by atoms with Crippen molar-refractivity contribution in [2.75, 3.05) is 11.4 Å². The molecule has 0 aromatic heterocycles. The molecule has 3 nitrogen and oxygen atoms in total. The van der Waals surface area contributed by atoms with Crippen molar-refractivity contribution in [2.45, 2.75) is 12.6 Å². The van der Waals surface area contributed by atoms with Gasteiger partial charge >= 0.3 is 6.18 Å². The van der Waals surface area contributed by atoms with E-state index in [-0.39, 0.29) is 28.9 Å². The van der Waals surface area contributed by atoms with Crippen molar-refractivity contribution in [1.82, 2.24) is 0 Å². The molecule has 1 aromatic carbocycles. The lowest BCUT2D eigenvalue weighted by molar-refractivity contribution is -0.137. The van der Waals surface area contributed by atoms with E-state index in [1.807, 2.05) is 0 Å². The summed E-state index contributed by atoms with van der Waals surface area (Å²) in [7, 11) is 0. The van der Waals surface area contributed by atoms with E-state index in [4.69, 9.17) is 0 Å². The van der Waals surface area contributed by atoms with Crippen molar-refractivity contribution in [2.24, 2.45) is 0 Å². The van der Waals surface area contributed by atoms with Crippen molar-refractivity contribution in [3.63, 3.8) is 0 Å². The van der Waals surface area contributed by atoms with Gasteiger partial charge < -0.3 is 4.90 Å². The maximum Gasteiger partial charge on any atom is 0.418 e. The quantitative estimate of drug-likeness (QED) is 0.746. The number of hydrogen-bond donors (Lipinski definition) is 0. The molecule has 1 aliphatic heterocycles. The summed E-state index contributed by atoms with van der Waals surface area (Å²) in [6.45, 7) is -0.302. The van der Waals surface area contributed by atoms with E-state index in [0.717, 1.165) is 11.0 Å². The van der Waals surface area contributed by atoms with Crippen LogP contribution in [0.15, 0.2) is 22.7 Å². The third-order valence-corrected chi connectivity index (χ3v) is 3.03. The SMILES string of the molecule is O=C1CC(=O)N(c2ccc(Br)cc2C(F)(F)F)C1. The largest absolute Gasteiger partial charge is 0.418 e. The molecule has 0 unspecified atom stereocenters. The lowest BCUT2D eigenvalue weighted by Gasteiger charge is -2.20. The third-order valence-electron chi connectivity index (χ3n) is 2.54. The number of hydrogen-bond acceptors (Lipinski definition) is 2. The van der Waals surface area contributed by atoms with Crippen LogP contribution in [-0.2, 0) is 15.8 Å². The van der Waals surface area contributed by atoms with Crippen molar-refractivity contribution in [3.05, 3.63) is 28.2 Å². The number of carbonyl (C=O) groups excluding carboxylic acids is 2. The van der Waals surface area contributed by atoms with Crippen LogP contribution in [-0.4, -0.2) is 18.2 Å². The summed E-state index contributed by atoms with van der Waals surface area (Å²) in [6.07, 6.45) is -4.92. The van der Waals surface area contributed by atoms with Gasteiger partial charge in [-0.15, -0.1) is 0 Å². The van der Waals surface area contributed by atoms with Gasteiger partial charge in [0.05, 0.1) is 24.2 Å². The number of amides is 1. The number of ketones is 1. The Balaban J connectivity index is 2.51. The molecule has 0 saturated carbocycles. The second kappa shape index (κ2) is 4.38. The number of carbonyl (C=O) groups is 2. The molecule has 0 N–H and O–H groups in total. The molecule has 0 aliphatic carbocycles. The van der Waals surface area contributed by atoms with Gasteiger partial charge in [-0.2, -0.15) is 13.2 Å². The first kappa shape index (κ1) is 13.1. The molecule has 7 heteroatoms. The van der Waals surface area contributed by atoms with Crippen LogP contribution in [0.1, 0.15) is 12.0 Å². The van der Waals surface area contributed by atoms with Crippen LogP contribution in [0.25, 0.3) is 0 Å². The standard InChI is InChI=1S/C11H7BrF3NO2/c12-6-1-2-9(8(3-6)11(13,14)15)16-5-7(17)4-10(16)18/h1-3H,4-5H2. The molecule has 1 amide bonds. The summed E-state index contributed by atoms with van der Waals surface area (Å²) in [4.78, 5) is 23.5. The van der Waals surface area contributed by atoms with Crippen molar-refractivity contribution in [1.29, 1.82) is 0 Å². The van der Waals surface area contributed by atoms with Crippen LogP contribution < -0.4 is 4.90 Å². The Bertz CT molecular complexity index is 528. The fourth-order valence-electron chi connectivity index (χ4n) is 1.77. The van der Waals surface area contributed by atoms with Crippen LogP contribution in [0.2, 0.25) is 0 Å². The Kier molecular flexibility index (Phi) is 3.18. The predicted molar refractivity (Wildman–Crippen MR) is 61.1 cm³/mol. The topological polar surface area (TPSA) is 37.4 Å². The van der Waals surface area contributed by atoms with Gasteiger partial charge in [0.25, 0.3) is 0 Å². The molecule has 1 heterocycles. The number of alkyl halides is 3. The van der Waals surface area contributed by atoms with Crippen LogP contribution in [0, 0.1) is 0 Å². The number of anilines is 1. The molecular weight excluding hydrogens is 315 g/mol. The van der Waals surface area contributed by atoms with Crippen molar-refractivity contribution < 1.29 is 22.8 Å². The molecular formula is C11H7BrF3NO2. The lowest BCUT2D eigenvalue weighted by Crippen LogP contribution is -2.27. The number of rotatable bonds is 1. The minimum absolute atomic E-state index is 0.261. The van der Waals surface area contributed by atoms with E-state index in [0.29, 0.717) is 0 Å². The Morgan fingerprint density at radius 1 is 1.22 bits per heavy atom. The zero-order valence-electron chi connectivity index (χ0n) is 8.92. The smallest absolute Gasteiger partial charge is 0.304 e. The van der Waals surface area contributed by atoms with Crippen LogP contribution in [0.3, 0.4) is 0 Å². The summed E-state index contributed by atoms with van der Waals surface area (Å²) in [6, 6.07) is 3.48. The summed E-state index contributed by atoms with van der Waals surface area (Å²) < 4.78 is 38.8. The molecule has 0 radical (unpaired) electrons. The minimum atomic E-state index is -4.58. The van der Waals surface area contributed by atoms with E-state index in [2.05, 4.69) is 15.9 Å². The fourth-order valence-corrected chi connectivity index (χ4v) is 2.14. The maximum atomic E-state index is 12.9. The second-order valence-corrected chi connectivity index (χ2v) is 4.77. The average molecular weight is 322 g/mol. The van der Waals surface area contributed by atoms with Gasteiger partial charge in [0, 0.05) is 4.47 Å². The molecule has 1 aliphatic rings. The molecule has 0 spiro atoms. The average Bonchev–Trinajstić information content (AvgIpc) is 2.56. The first-order chi connectivity index (χ1) is 8.29. The van der Waals surface area contributed by atoms with E-state index < -0.39 is 17.6 Å². The van der Waals surface area contributed by atoms with Gasteiger partial charge in [0.15, 0.2) is 5.78 Å². The number of Topliss-reactive ketones (excluding diaryl/α,β-unsaturated/α-hetero) is 1. The molecule has 0 atom stereocenters. The molecule has 96 valence electrons. The highest BCUT2D eigenvalue weighted by molar-refractivity contribution is 9.10. The monoisotopic (exact) mass is 321 g/mol. The van der Waals surface area contributed by atoms with Gasteiger partial charge in [0.1, 0.15) is 0 Å². The summed E-state index contributed by atoms with van der Waals surface area (Å²) in [5, 5.41) is 0. The molecule has 1 aromatic rings. The van der Waals surface area contributed by atoms with E-state index in [1.54, 1.807) is 0 Å². The highest BCUT2D eigenvalue weighted by atomic mass is 79.9. The first-order valence-corrected chi connectivity index (χ1v) is 5.77. The minimum Gasteiger partial charge on any atom is -0.304 e. The van der Waals surface area contributed by atoms with E-state index in [9.17, 15) is 22.8 Å².